The lowest BCUT2D eigenvalue weighted by Gasteiger charge is -2.37. The maximum absolute atomic E-state index is 12.6. The molecule has 0 saturated carbocycles. The Hall–Kier alpha value is -2.27. The number of benzene rings is 1. The van der Waals surface area contributed by atoms with Crippen LogP contribution in [0.3, 0.4) is 0 Å². The van der Waals surface area contributed by atoms with Gasteiger partial charge in [-0.3, -0.25) is 4.79 Å². The van der Waals surface area contributed by atoms with E-state index in [0.29, 0.717) is 24.7 Å². The third kappa shape index (κ3) is 3.74. The van der Waals surface area contributed by atoms with Crippen LogP contribution in [0.5, 0.6) is 0 Å². The van der Waals surface area contributed by atoms with Crippen LogP contribution >= 0.6 is 0 Å². The van der Waals surface area contributed by atoms with Crippen LogP contribution in [0.25, 0.3) is 0 Å². The Labute approximate surface area is 136 Å². The van der Waals surface area contributed by atoms with Crippen molar-refractivity contribution in [1.82, 2.24) is 14.9 Å². The van der Waals surface area contributed by atoms with Gasteiger partial charge in [-0.1, -0.05) is 30.3 Å². The van der Waals surface area contributed by atoms with Crippen LogP contribution in [0.15, 0.2) is 48.9 Å². The lowest BCUT2D eigenvalue weighted by Crippen LogP contribution is -2.47. The number of ether oxygens (including phenoxy) is 1. The van der Waals surface area contributed by atoms with Gasteiger partial charge in [-0.05, 0) is 24.5 Å². The number of likely N-dealkylation sites (tertiary alicyclic amines) is 1. The first-order valence-corrected chi connectivity index (χ1v) is 7.90. The van der Waals surface area contributed by atoms with Gasteiger partial charge in [-0.25, -0.2) is 9.97 Å². The molecule has 1 aromatic heterocycles. The normalized spacial score (nSPS) is 21.2. The van der Waals surface area contributed by atoms with E-state index >= 15 is 0 Å². The molecule has 0 N–H and O–H groups in total. The fourth-order valence-electron chi connectivity index (χ4n) is 3.20. The van der Waals surface area contributed by atoms with Gasteiger partial charge < -0.3 is 9.64 Å². The Morgan fingerprint density at radius 2 is 2.13 bits per heavy atom. The minimum absolute atomic E-state index is 0.0278. The first-order chi connectivity index (χ1) is 11.3. The third-order valence-corrected chi connectivity index (χ3v) is 4.40. The first-order valence-electron chi connectivity index (χ1n) is 7.90. The minimum Gasteiger partial charge on any atom is -0.381 e. The van der Waals surface area contributed by atoms with Crippen LogP contribution in [0, 0.1) is 5.92 Å². The molecule has 5 nitrogen and oxygen atoms in total. The average Bonchev–Trinajstić information content (AvgIpc) is 2.62. The van der Waals surface area contributed by atoms with Crippen molar-refractivity contribution in [3.63, 3.8) is 0 Å². The summed E-state index contributed by atoms with van der Waals surface area (Å²) in [5.74, 6) is 0.266. The molecule has 0 aliphatic carbocycles. The summed E-state index contributed by atoms with van der Waals surface area (Å²) in [7, 11) is 1.75. The Morgan fingerprint density at radius 3 is 2.83 bits per heavy atom. The Morgan fingerprint density at radius 1 is 1.30 bits per heavy atom. The third-order valence-electron chi connectivity index (χ3n) is 4.40. The topological polar surface area (TPSA) is 55.3 Å². The smallest absolute Gasteiger partial charge is 0.272 e. The zero-order valence-corrected chi connectivity index (χ0v) is 13.3. The highest BCUT2D eigenvalue weighted by molar-refractivity contribution is 5.92. The van der Waals surface area contributed by atoms with Crippen molar-refractivity contribution in [1.29, 1.82) is 0 Å². The molecule has 0 unspecified atom stereocenters. The summed E-state index contributed by atoms with van der Waals surface area (Å²) in [5.41, 5.74) is 1.73. The van der Waals surface area contributed by atoms with Crippen molar-refractivity contribution in [2.75, 3.05) is 20.2 Å². The molecule has 0 radical (unpaired) electrons. The van der Waals surface area contributed by atoms with E-state index in [4.69, 9.17) is 4.74 Å². The number of piperidine rings is 1. The number of amides is 1. The summed E-state index contributed by atoms with van der Waals surface area (Å²) in [6, 6.07) is 12.0. The molecule has 1 saturated heterocycles. The molecule has 2 aromatic rings. The van der Waals surface area contributed by atoms with E-state index < -0.39 is 0 Å². The molecular weight excluding hydrogens is 290 g/mol. The maximum atomic E-state index is 12.6. The lowest BCUT2D eigenvalue weighted by atomic mass is 9.88. The molecule has 1 aliphatic rings. The first kappa shape index (κ1) is 15.6. The van der Waals surface area contributed by atoms with E-state index in [9.17, 15) is 4.79 Å². The zero-order chi connectivity index (χ0) is 16.1. The van der Waals surface area contributed by atoms with Crippen LogP contribution in [-0.2, 0) is 11.2 Å². The van der Waals surface area contributed by atoms with Gasteiger partial charge in [0.05, 0.1) is 6.10 Å². The van der Waals surface area contributed by atoms with E-state index in [2.05, 4.69) is 22.1 Å². The SMILES string of the molecule is CO[C@@H]1CCN(C(=O)c2ccncn2)C[C@@H]1Cc1ccccc1. The number of rotatable bonds is 4. The fourth-order valence-corrected chi connectivity index (χ4v) is 3.20. The summed E-state index contributed by atoms with van der Waals surface area (Å²) in [5, 5.41) is 0. The number of nitrogens with zero attached hydrogens (tertiary/aromatic N) is 3. The molecule has 3 rings (SSSR count). The minimum atomic E-state index is -0.0278. The second kappa shape index (κ2) is 7.33. The summed E-state index contributed by atoms with van der Waals surface area (Å²) >= 11 is 0. The molecule has 1 amide bonds. The van der Waals surface area contributed by atoms with E-state index in [-0.39, 0.29) is 12.0 Å². The highest BCUT2D eigenvalue weighted by atomic mass is 16.5. The zero-order valence-electron chi connectivity index (χ0n) is 13.3. The highest BCUT2D eigenvalue weighted by Gasteiger charge is 2.32. The van der Waals surface area contributed by atoms with Gasteiger partial charge >= 0.3 is 0 Å². The molecule has 1 fully saturated rings. The number of carbonyl (C=O) groups excluding carboxylic acids is 1. The monoisotopic (exact) mass is 311 g/mol. The predicted molar refractivity (Wildman–Crippen MR) is 87.0 cm³/mol. The molecular formula is C18H21N3O2. The van der Waals surface area contributed by atoms with E-state index in [1.807, 2.05) is 23.1 Å². The molecule has 2 atom stereocenters. The van der Waals surface area contributed by atoms with Crippen molar-refractivity contribution in [2.24, 2.45) is 5.92 Å². The number of hydrogen-bond acceptors (Lipinski definition) is 4. The summed E-state index contributed by atoms with van der Waals surface area (Å²) in [4.78, 5) is 22.4. The Balaban J connectivity index is 1.72. The maximum Gasteiger partial charge on any atom is 0.272 e. The van der Waals surface area contributed by atoms with Gasteiger partial charge in [0.25, 0.3) is 5.91 Å². The number of carbonyl (C=O) groups is 1. The molecule has 5 heteroatoms. The Kier molecular flexibility index (Phi) is 4.98. The molecule has 0 spiro atoms. The molecule has 120 valence electrons. The summed E-state index contributed by atoms with van der Waals surface area (Å²) in [6.07, 6.45) is 4.96. The largest absolute Gasteiger partial charge is 0.381 e. The van der Waals surface area contributed by atoms with E-state index in [0.717, 1.165) is 12.8 Å². The van der Waals surface area contributed by atoms with Crippen LogP contribution in [-0.4, -0.2) is 47.1 Å². The van der Waals surface area contributed by atoms with Gasteiger partial charge in [-0.15, -0.1) is 0 Å². The highest BCUT2D eigenvalue weighted by Crippen LogP contribution is 2.24. The predicted octanol–water partition coefficient (Wildman–Crippen LogP) is 2.20. The molecule has 1 aliphatic heterocycles. The number of aromatic nitrogens is 2. The standard InChI is InChI=1S/C18H21N3O2/c1-23-17-8-10-21(18(22)16-7-9-19-13-20-16)12-15(17)11-14-5-3-2-4-6-14/h2-7,9,13,15,17H,8,10-12H2,1H3/t15-,17+/m0/s1. The van der Waals surface area contributed by atoms with Crippen LogP contribution in [0.2, 0.25) is 0 Å². The molecule has 23 heavy (non-hydrogen) atoms. The van der Waals surface area contributed by atoms with Crippen LogP contribution < -0.4 is 0 Å². The average molecular weight is 311 g/mol. The van der Waals surface area contributed by atoms with Gasteiger partial charge in [0.2, 0.25) is 0 Å². The second-order valence-corrected chi connectivity index (χ2v) is 5.86. The van der Waals surface area contributed by atoms with Crippen molar-refractivity contribution in [2.45, 2.75) is 18.9 Å². The van der Waals surface area contributed by atoms with Gasteiger partial charge in [0, 0.05) is 32.3 Å². The molecule has 1 aromatic carbocycles. The van der Waals surface area contributed by atoms with Gasteiger partial charge in [0.15, 0.2) is 0 Å². The molecule has 0 bridgehead atoms. The summed E-state index contributed by atoms with van der Waals surface area (Å²) in [6.45, 7) is 1.39. The summed E-state index contributed by atoms with van der Waals surface area (Å²) < 4.78 is 5.65. The Bertz CT molecular complexity index is 633. The number of hydrogen-bond donors (Lipinski definition) is 0. The quantitative estimate of drug-likeness (QED) is 0.868. The van der Waals surface area contributed by atoms with Gasteiger partial charge in [0.1, 0.15) is 12.0 Å². The van der Waals surface area contributed by atoms with Gasteiger partial charge in [-0.2, -0.15) is 0 Å². The second-order valence-electron chi connectivity index (χ2n) is 5.86. The van der Waals surface area contributed by atoms with E-state index in [1.54, 1.807) is 19.4 Å². The lowest BCUT2D eigenvalue weighted by molar-refractivity contribution is -0.00317. The van der Waals surface area contributed by atoms with Crippen LogP contribution in [0.1, 0.15) is 22.5 Å². The van der Waals surface area contributed by atoms with Crippen molar-refractivity contribution in [3.05, 3.63) is 60.2 Å². The van der Waals surface area contributed by atoms with Crippen molar-refractivity contribution in [3.8, 4) is 0 Å². The molecule has 2 heterocycles. The number of methoxy groups -OCH3 is 1. The fraction of sp³-hybridized carbons (Fsp3) is 0.389. The van der Waals surface area contributed by atoms with Crippen LogP contribution in [0.4, 0.5) is 0 Å². The van der Waals surface area contributed by atoms with Crippen molar-refractivity contribution < 1.29 is 9.53 Å². The van der Waals surface area contributed by atoms with E-state index in [1.165, 1.54) is 11.9 Å². The van der Waals surface area contributed by atoms with Crippen molar-refractivity contribution >= 4 is 5.91 Å².